The van der Waals surface area contributed by atoms with Crippen LogP contribution in [0.5, 0.6) is 0 Å². The van der Waals surface area contributed by atoms with Crippen LogP contribution in [0.25, 0.3) is 6.08 Å². The first-order valence-corrected chi connectivity index (χ1v) is 7.74. The fourth-order valence-electron chi connectivity index (χ4n) is 1.89. The van der Waals surface area contributed by atoms with Crippen LogP contribution in [-0.2, 0) is 4.79 Å². The van der Waals surface area contributed by atoms with E-state index in [1.807, 2.05) is 30.3 Å². The molecule has 1 aliphatic heterocycles. The normalized spacial score (nSPS) is 16.4. The predicted molar refractivity (Wildman–Crippen MR) is 90.0 cm³/mol. The van der Waals surface area contributed by atoms with Crippen molar-refractivity contribution in [1.82, 2.24) is 0 Å². The van der Waals surface area contributed by atoms with E-state index in [1.165, 1.54) is 11.8 Å². The molecule has 2 aromatic rings. The Labute approximate surface area is 136 Å². The molecule has 1 heterocycles. The van der Waals surface area contributed by atoms with Crippen LogP contribution in [0.15, 0.2) is 58.4 Å². The van der Waals surface area contributed by atoms with Crippen LogP contribution >= 0.6 is 35.0 Å². The molecule has 0 aliphatic carbocycles. The van der Waals surface area contributed by atoms with E-state index in [0.29, 0.717) is 25.6 Å². The summed E-state index contributed by atoms with van der Waals surface area (Å²) in [6.07, 6.45) is 1.69. The average molecular weight is 334 g/mol. The Bertz CT molecular complexity index is 749. The van der Waals surface area contributed by atoms with Gasteiger partial charge in [0, 0.05) is 21.2 Å². The fourth-order valence-corrected chi connectivity index (χ4v) is 3.30. The van der Waals surface area contributed by atoms with Gasteiger partial charge in [0.15, 0.2) is 0 Å². The smallest absolute Gasteiger partial charge is 0.266 e. The molecule has 1 amide bonds. The molecular formula is C16H9Cl2NOS. The van der Waals surface area contributed by atoms with Crippen LogP contribution in [0.2, 0.25) is 10.0 Å². The van der Waals surface area contributed by atoms with Crippen LogP contribution < -0.4 is 0 Å². The molecule has 0 bridgehead atoms. The fraction of sp³-hybridized carbons (Fsp3) is 0. The standard InChI is InChI=1S/C16H9Cl2NOS/c17-12-7-4-8-13(18)11(12)9-14-15(20)19-16(21-14)10-5-2-1-3-6-10/h1-9H. The Kier molecular flexibility index (Phi) is 4.15. The number of carbonyl (C=O) groups excluding carboxylic acids is 1. The molecule has 0 spiro atoms. The molecule has 3 rings (SSSR count). The van der Waals surface area contributed by atoms with Crippen LogP contribution in [0.1, 0.15) is 11.1 Å². The van der Waals surface area contributed by atoms with Crippen molar-refractivity contribution in [3.63, 3.8) is 0 Å². The van der Waals surface area contributed by atoms with Crippen LogP contribution in [0.3, 0.4) is 0 Å². The van der Waals surface area contributed by atoms with Gasteiger partial charge >= 0.3 is 0 Å². The number of thioether (sulfide) groups is 1. The van der Waals surface area contributed by atoms with Crippen molar-refractivity contribution in [3.05, 3.63) is 74.6 Å². The number of nitrogens with zero attached hydrogens (tertiary/aromatic N) is 1. The summed E-state index contributed by atoms with van der Waals surface area (Å²) in [4.78, 5) is 16.6. The van der Waals surface area contributed by atoms with Gasteiger partial charge in [-0.1, -0.05) is 71.4 Å². The zero-order chi connectivity index (χ0) is 14.8. The highest BCUT2D eigenvalue weighted by atomic mass is 35.5. The second kappa shape index (κ2) is 6.06. The van der Waals surface area contributed by atoms with Gasteiger partial charge in [0.05, 0.1) is 4.91 Å². The number of halogens is 2. The Balaban J connectivity index is 1.93. The van der Waals surface area contributed by atoms with E-state index in [1.54, 1.807) is 24.3 Å². The van der Waals surface area contributed by atoms with Crippen LogP contribution in [0.4, 0.5) is 0 Å². The summed E-state index contributed by atoms with van der Waals surface area (Å²) in [6, 6.07) is 14.8. The lowest BCUT2D eigenvalue weighted by Gasteiger charge is -2.02. The van der Waals surface area contributed by atoms with Crippen LogP contribution in [-0.4, -0.2) is 11.0 Å². The third-order valence-corrected chi connectivity index (χ3v) is 4.61. The third-order valence-electron chi connectivity index (χ3n) is 2.92. The molecule has 0 atom stereocenters. The molecule has 5 heteroatoms. The van der Waals surface area contributed by atoms with Crippen molar-refractivity contribution in [2.75, 3.05) is 0 Å². The summed E-state index contributed by atoms with van der Waals surface area (Å²) in [5.74, 6) is -0.269. The lowest BCUT2D eigenvalue weighted by molar-refractivity contribution is -0.113. The van der Waals surface area contributed by atoms with Gasteiger partial charge in [0.2, 0.25) is 0 Å². The third kappa shape index (κ3) is 3.05. The van der Waals surface area contributed by atoms with Crippen LogP contribution in [0, 0.1) is 0 Å². The zero-order valence-corrected chi connectivity index (χ0v) is 13.0. The monoisotopic (exact) mass is 333 g/mol. The van der Waals surface area contributed by atoms with Gasteiger partial charge in [-0.2, -0.15) is 0 Å². The highest BCUT2D eigenvalue weighted by Crippen LogP contribution is 2.34. The second-order valence-electron chi connectivity index (χ2n) is 4.33. The minimum atomic E-state index is -0.269. The topological polar surface area (TPSA) is 29.4 Å². The summed E-state index contributed by atoms with van der Waals surface area (Å²) in [5.41, 5.74) is 1.56. The zero-order valence-electron chi connectivity index (χ0n) is 10.7. The Morgan fingerprint density at radius 1 is 0.952 bits per heavy atom. The molecule has 1 aliphatic rings. The lowest BCUT2D eigenvalue weighted by Crippen LogP contribution is -1.89. The predicted octanol–water partition coefficient (Wildman–Crippen LogP) is 5.05. The highest BCUT2D eigenvalue weighted by molar-refractivity contribution is 8.19. The Hall–Kier alpha value is -1.55. The molecular weight excluding hydrogens is 325 g/mol. The average Bonchev–Trinajstić information content (AvgIpc) is 2.85. The Morgan fingerprint density at radius 3 is 2.29 bits per heavy atom. The largest absolute Gasteiger partial charge is 0.284 e. The van der Waals surface area contributed by atoms with Crippen molar-refractivity contribution in [3.8, 4) is 0 Å². The first-order chi connectivity index (χ1) is 10.1. The van der Waals surface area contributed by atoms with E-state index >= 15 is 0 Å². The molecule has 0 fully saturated rings. The Morgan fingerprint density at radius 2 is 1.62 bits per heavy atom. The quantitative estimate of drug-likeness (QED) is 0.719. The first kappa shape index (κ1) is 14.4. The highest BCUT2D eigenvalue weighted by Gasteiger charge is 2.23. The summed E-state index contributed by atoms with van der Waals surface area (Å²) >= 11 is 13.6. The molecule has 21 heavy (non-hydrogen) atoms. The molecule has 0 unspecified atom stereocenters. The summed E-state index contributed by atoms with van der Waals surface area (Å²) in [7, 11) is 0. The number of hydrogen-bond donors (Lipinski definition) is 0. The molecule has 2 nitrogen and oxygen atoms in total. The van der Waals surface area contributed by atoms with Gasteiger partial charge < -0.3 is 0 Å². The number of rotatable bonds is 2. The van der Waals surface area contributed by atoms with Gasteiger partial charge in [-0.25, -0.2) is 4.99 Å². The molecule has 0 saturated heterocycles. The number of amides is 1. The second-order valence-corrected chi connectivity index (χ2v) is 6.18. The van der Waals surface area contributed by atoms with Gasteiger partial charge in [-0.15, -0.1) is 0 Å². The molecule has 0 saturated carbocycles. The van der Waals surface area contributed by atoms with Gasteiger partial charge in [0.1, 0.15) is 5.04 Å². The SMILES string of the molecule is O=C1N=C(c2ccccc2)SC1=Cc1c(Cl)cccc1Cl. The van der Waals surface area contributed by atoms with Crippen molar-refractivity contribution < 1.29 is 4.79 Å². The summed E-state index contributed by atoms with van der Waals surface area (Å²) in [5, 5.41) is 1.71. The molecule has 0 N–H and O–H groups in total. The molecule has 0 aromatic heterocycles. The van der Waals surface area contributed by atoms with Gasteiger partial charge in [0.25, 0.3) is 5.91 Å². The first-order valence-electron chi connectivity index (χ1n) is 6.17. The maximum Gasteiger partial charge on any atom is 0.284 e. The van der Waals surface area contributed by atoms with E-state index < -0.39 is 0 Å². The number of aliphatic imine (C=N–C) groups is 1. The van der Waals surface area contributed by atoms with Gasteiger partial charge in [-0.3, -0.25) is 4.79 Å². The number of hydrogen-bond acceptors (Lipinski definition) is 2. The van der Waals surface area contributed by atoms with E-state index in [0.717, 1.165) is 5.56 Å². The maximum atomic E-state index is 12.0. The minimum absolute atomic E-state index is 0.269. The van der Waals surface area contributed by atoms with Gasteiger partial charge in [-0.05, 0) is 18.2 Å². The summed E-state index contributed by atoms with van der Waals surface area (Å²) in [6.45, 7) is 0. The summed E-state index contributed by atoms with van der Waals surface area (Å²) < 4.78 is 0. The minimum Gasteiger partial charge on any atom is -0.266 e. The molecule has 0 radical (unpaired) electrons. The number of benzene rings is 2. The maximum absolute atomic E-state index is 12.0. The molecule has 2 aromatic carbocycles. The number of carbonyl (C=O) groups is 1. The molecule has 104 valence electrons. The van der Waals surface area contributed by atoms with E-state index in [9.17, 15) is 4.79 Å². The van der Waals surface area contributed by atoms with E-state index in [2.05, 4.69) is 4.99 Å². The van der Waals surface area contributed by atoms with E-state index in [-0.39, 0.29) is 5.91 Å². The van der Waals surface area contributed by atoms with Crippen molar-refractivity contribution >= 4 is 52.0 Å². The van der Waals surface area contributed by atoms with E-state index in [4.69, 9.17) is 23.2 Å². The van der Waals surface area contributed by atoms with Crippen molar-refractivity contribution in [2.45, 2.75) is 0 Å². The lowest BCUT2D eigenvalue weighted by atomic mass is 10.2. The van der Waals surface area contributed by atoms with Crippen molar-refractivity contribution in [1.29, 1.82) is 0 Å². The van der Waals surface area contributed by atoms with Crippen molar-refractivity contribution in [2.24, 2.45) is 4.99 Å².